The van der Waals surface area contributed by atoms with E-state index in [-0.39, 0.29) is 23.0 Å². The van der Waals surface area contributed by atoms with E-state index in [9.17, 15) is 0 Å². The van der Waals surface area contributed by atoms with E-state index >= 15 is 0 Å². The molecule has 1 aromatic heterocycles. The lowest BCUT2D eigenvalue weighted by Crippen LogP contribution is -2.75. The standard InChI is InChI=1S/C71H67BN2SSi/c1-68(2,3)48-35-40-64-57(43-48)66-67(75-64)72-62-39-37-51(73(49-25-15-10-16-26-49)50-27-17-11-18-28-50)45-60(62)71(8,9)61-46-56(76(53-29-19-12-20-30-53,54-31-21-13-22-32-54)55-33-23-14-24-34-55)47-63(65(61)72)74(66)52-36-38-58-59(44-52)70(6,7)42-41-69(58,4)5/h10-40,43-47H,41-42H2,1-9H3. The Hall–Kier alpha value is -7.18. The summed E-state index contributed by atoms with van der Waals surface area (Å²) < 4.78 is 2.76. The average Bonchev–Trinajstić information content (AvgIpc) is 3.75. The molecule has 0 saturated carbocycles. The van der Waals surface area contributed by atoms with E-state index in [0.717, 1.165) is 23.5 Å². The van der Waals surface area contributed by atoms with Gasteiger partial charge in [-0.05, 0) is 150 Å². The van der Waals surface area contributed by atoms with Gasteiger partial charge in [-0.1, -0.05) is 219 Å². The predicted molar refractivity (Wildman–Crippen MR) is 332 cm³/mol. The first-order chi connectivity index (χ1) is 36.6. The van der Waals surface area contributed by atoms with Crippen molar-refractivity contribution in [3.8, 4) is 0 Å². The predicted octanol–water partition coefficient (Wildman–Crippen LogP) is 14.3. The van der Waals surface area contributed by atoms with E-state index in [4.69, 9.17) is 0 Å². The highest BCUT2D eigenvalue weighted by atomic mass is 32.1. The van der Waals surface area contributed by atoms with Gasteiger partial charge in [-0.3, -0.25) is 0 Å². The van der Waals surface area contributed by atoms with Gasteiger partial charge in [0.05, 0.1) is 5.69 Å². The molecule has 9 aromatic carbocycles. The van der Waals surface area contributed by atoms with Gasteiger partial charge in [0.15, 0.2) is 8.07 Å². The van der Waals surface area contributed by atoms with Crippen LogP contribution in [-0.2, 0) is 21.7 Å². The Morgan fingerprint density at radius 2 is 1.03 bits per heavy atom. The molecule has 0 radical (unpaired) electrons. The molecule has 0 atom stereocenters. The molecule has 0 bridgehead atoms. The van der Waals surface area contributed by atoms with Gasteiger partial charge in [0.2, 0.25) is 0 Å². The van der Waals surface area contributed by atoms with Crippen molar-refractivity contribution in [3.63, 3.8) is 0 Å². The fourth-order valence-corrected chi connectivity index (χ4v) is 19.8. The number of anilines is 6. The second-order valence-corrected chi connectivity index (χ2v) is 29.6. The summed E-state index contributed by atoms with van der Waals surface area (Å²) in [5, 5.41) is 6.87. The first-order valence-corrected chi connectivity index (χ1v) is 30.3. The normalized spacial score (nSPS) is 15.9. The maximum atomic E-state index is 2.76. The average molecular weight is 1020 g/mol. The smallest absolute Gasteiger partial charge is 0.260 e. The minimum atomic E-state index is -3.07. The van der Waals surface area contributed by atoms with Gasteiger partial charge in [-0.2, -0.15) is 0 Å². The Balaban J connectivity index is 1.18. The van der Waals surface area contributed by atoms with Crippen LogP contribution in [0.15, 0.2) is 218 Å². The molecule has 0 spiro atoms. The van der Waals surface area contributed by atoms with Crippen LogP contribution in [0.5, 0.6) is 0 Å². The maximum Gasteiger partial charge on any atom is 0.260 e. The van der Waals surface area contributed by atoms with Gasteiger partial charge in [0.1, 0.15) is 0 Å². The largest absolute Gasteiger partial charge is 0.310 e. The van der Waals surface area contributed by atoms with Crippen LogP contribution < -0.4 is 46.2 Å². The summed E-state index contributed by atoms with van der Waals surface area (Å²) in [7, 11) is -3.07. The number of thiophene rings is 1. The van der Waals surface area contributed by atoms with Crippen LogP contribution in [0.4, 0.5) is 34.1 Å². The summed E-state index contributed by atoms with van der Waals surface area (Å²) in [4.78, 5) is 5.20. The molecule has 0 fully saturated rings. The van der Waals surface area contributed by atoms with Gasteiger partial charge in [-0.25, -0.2) is 0 Å². The van der Waals surface area contributed by atoms with Crippen LogP contribution in [-0.4, -0.2) is 14.8 Å². The van der Waals surface area contributed by atoms with Crippen LogP contribution in [0.3, 0.4) is 0 Å². The number of hydrogen-bond acceptors (Lipinski definition) is 3. The molecule has 2 nitrogen and oxygen atoms in total. The Bertz CT molecular complexity index is 3700. The van der Waals surface area contributed by atoms with E-state index in [0.29, 0.717) is 0 Å². The third-order valence-electron chi connectivity index (χ3n) is 17.9. The zero-order valence-electron chi connectivity index (χ0n) is 45.6. The fourth-order valence-electron chi connectivity index (χ4n) is 13.7. The van der Waals surface area contributed by atoms with Gasteiger partial charge >= 0.3 is 0 Å². The third kappa shape index (κ3) is 7.47. The molecule has 374 valence electrons. The number of para-hydroxylation sites is 2. The van der Waals surface area contributed by atoms with Crippen molar-refractivity contribution in [2.24, 2.45) is 0 Å². The van der Waals surface area contributed by atoms with Gasteiger partial charge in [0.25, 0.3) is 6.71 Å². The molecule has 2 aliphatic heterocycles. The van der Waals surface area contributed by atoms with Crippen LogP contribution in [0, 0.1) is 0 Å². The van der Waals surface area contributed by atoms with Crippen molar-refractivity contribution in [2.75, 3.05) is 9.80 Å². The molecule has 0 unspecified atom stereocenters. The highest BCUT2D eigenvalue weighted by Crippen LogP contribution is 2.52. The first-order valence-electron chi connectivity index (χ1n) is 27.5. The lowest BCUT2D eigenvalue weighted by Gasteiger charge is -2.47. The maximum absolute atomic E-state index is 3.07. The van der Waals surface area contributed by atoms with E-state index in [1.54, 1.807) is 0 Å². The van der Waals surface area contributed by atoms with Crippen molar-refractivity contribution < 1.29 is 0 Å². The van der Waals surface area contributed by atoms with Gasteiger partial charge in [0, 0.05) is 48.7 Å². The van der Waals surface area contributed by atoms with Crippen LogP contribution in [0.1, 0.15) is 103 Å². The first kappa shape index (κ1) is 48.5. The molecule has 76 heavy (non-hydrogen) atoms. The molecule has 1 aliphatic carbocycles. The molecule has 0 saturated heterocycles. The van der Waals surface area contributed by atoms with E-state index in [1.807, 2.05) is 11.3 Å². The van der Waals surface area contributed by atoms with E-state index in [2.05, 4.69) is 291 Å². The Morgan fingerprint density at radius 1 is 0.487 bits per heavy atom. The highest BCUT2D eigenvalue weighted by Gasteiger charge is 2.51. The topological polar surface area (TPSA) is 6.48 Å². The Labute approximate surface area is 456 Å². The lowest BCUT2D eigenvalue weighted by molar-refractivity contribution is 0.332. The molecular formula is C71H67BN2SSi. The second-order valence-electron chi connectivity index (χ2n) is 24.7. The van der Waals surface area contributed by atoms with Crippen molar-refractivity contribution in [3.05, 3.63) is 246 Å². The summed E-state index contributed by atoms with van der Waals surface area (Å²) in [6, 6.07) is 84.2. The number of hydrogen-bond donors (Lipinski definition) is 0. The van der Waals surface area contributed by atoms with E-state index in [1.165, 1.54) is 97.8 Å². The highest BCUT2D eigenvalue weighted by molar-refractivity contribution is 7.33. The summed E-state index contributed by atoms with van der Waals surface area (Å²) >= 11 is 2.01. The van der Waals surface area contributed by atoms with Crippen molar-refractivity contribution >= 4 is 107 Å². The Kier molecular flexibility index (Phi) is 11.3. The van der Waals surface area contributed by atoms with Crippen molar-refractivity contribution in [2.45, 2.75) is 96.8 Å². The van der Waals surface area contributed by atoms with Crippen LogP contribution in [0.2, 0.25) is 0 Å². The fraction of sp³-hybridized carbons (Fsp3) is 0.211. The second kappa shape index (κ2) is 17.7. The molecule has 3 heterocycles. The molecule has 3 aliphatic rings. The molecule has 10 aromatic rings. The van der Waals surface area contributed by atoms with Crippen LogP contribution in [0.25, 0.3) is 10.1 Å². The van der Waals surface area contributed by atoms with Crippen molar-refractivity contribution in [1.82, 2.24) is 0 Å². The Morgan fingerprint density at radius 3 is 1.58 bits per heavy atom. The number of nitrogens with zero attached hydrogens (tertiary/aromatic N) is 2. The van der Waals surface area contributed by atoms with Crippen LogP contribution >= 0.6 is 11.3 Å². The minimum Gasteiger partial charge on any atom is -0.310 e. The third-order valence-corrected chi connectivity index (χ3v) is 23.8. The summed E-state index contributed by atoms with van der Waals surface area (Å²) in [6.45, 7) is 22.0. The van der Waals surface area contributed by atoms with Gasteiger partial charge in [-0.15, -0.1) is 11.3 Å². The summed E-state index contributed by atoms with van der Waals surface area (Å²) in [6.07, 6.45) is 2.33. The SMILES string of the molecule is CC(C)(C)c1ccc2sc3c(c2c1)N(c1ccc2c(c1)C(C)(C)CCC2(C)C)c1cc([Si](c2ccccc2)(c2ccccc2)c2ccccc2)cc2c1B3c1ccc(N(c3ccccc3)c3ccccc3)cc1C2(C)C. The number of rotatable bonds is 8. The lowest BCUT2D eigenvalue weighted by atomic mass is 9.32. The number of fused-ring (bicyclic) bond motifs is 7. The molecular weight excluding hydrogens is 952 g/mol. The van der Waals surface area contributed by atoms with E-state index < -0.39 is 13.5 Å². The summed E-state index contributed by atoms with van der Waals surface area (Å²) in [5.74, 6) is 0. The minimum absolute atomic E-state index is 0.00834. The van der Waals surface area contributed by atoms with Gasteiger partial charge < -0.3 is 9.80 Å². The number of benzene rings is 9. The molecule has 0 amide bonds. The monoisotopic (exact) mass is 1020 g/mol. The molecule has 0 N–H and O–H groups in total. The zero-order valence-corrected chi connectivity index (χ0v) is 47.4. The quantitative estimate of drug-likeness (QED) is 0.111. The zero-order chi connectivity index (χ0) is 52.4. The van der Waals surface area contributed by atoms with Crippen molar-refractivity contribution in [1.29, 1.82) is 0 Å². The summed E-state index contributed by atoms with van der Waals surface area (Å²) in [5.41, 5.74) is 16.9. The molecule has 13 rings (SSSR count). The molecule has 5 heteroatoms.